The summed E-state index contributed by atoms with van der Waals surface area (Å²) in [7, 11) is -2.40. The van der Waals surface area contributed by atoms with Gasteiger partial charge in [-0.05, 0) is 45.8 Å². The summed E-state index contributed by atoms with van der Waals surface area (Å²) in [6.45, 7) is 7.81. The van der Waals surface area contributed by atoms with Crippen molar-refractivity contribution < 1.29 is 4.43 Å². The molecule has 0 aromatic heterocycles. The first-order chi connectivity index (χ1) is 14.5. The van der Waals surface area contributed by atoms with Gasteiger partial charge in [0.05, 0.1) is 0 Å². The summed E-state index contributed by atoms with van der Waals surface area (Å²) in [5, 5.41) is 3.67. The van der Waals surface area contributed by atoms with Crippen molar-refractivity contribution in [3.63, 3.8) is 0 Å². The van der Waals surface area contributed by atoms with Crippen LogP contribution in [0.2, 0.25) is 5.04 Å². The minimum absolute atomic E-state index is 0.0429. The van der Waals surface area contributed by atoms with E-state index >= 15 is 0 Å². The zero-order valence-corrected chi connectivity index (χ0v) is 21.0. The second kappa shape index (κ2) is 10.6. The zero-order chi connectivity index (χ0) is 21.5. The van der Waals surface area contributed by atoms with Gasteiger partial charge in [0.15, 0.2) is 0 Å². The summed E-state index contributed by atoms with van der Waals surface area (Å²) in [4.78, 5) is 0. The number of unbranched alkanes of at least 4 members (excludes halogenated alkanes) is 1. The molecule has 0 heterocycles. The topological polar surface area (TPSA) is 9.23 Å². The van der Waals surface area contributed by atoms with Crippen LogP contribution >= 0.6 is 15.9 Å². The molecule has 0 radical (unpaired) electrons. The normalized spacial score (nSPS) is 12.1. The smallest absolute Gasteiger partial charge is 0.261 e. The van der Waals surface area contributed by atoms with Crippen LogP contribution in [0.3, 0.4) is 0 Å². The number of alkyl halides is 1. The molecule has 0 amide bonds. The third-order valence-corrected chi connectivity index (χ3v) is 11.5. The third-order valence-electron chi connectivity index (χ3n) is 5.77. The number of benzene rings is 3. The summed E-state index contributed by atoms with van der Waals surface area (Å²) in [6.07, 6.45) is 3.32. The Morgan fingerprint density at radius 3 is 1.67 bits per heavy atom. The average Bonchev–Trinajstić information content (AvgIpc) is 2.77. The molecule has 3 aromatic carbocycles. The molecule has 1 nitrogen and oxygen atoms in total. The number of rotatable bonds is 9. The van der Waals surface area contributed by atoms with E-state index in [2.05, 4.69) is 122 Å². The van der Waals surface area contributed by atoms with Crippen molar-refractivity contribution in [3.05, 3.63) is 96.1 Å². The zero-order valence-electron chi connectivity index (χ0n) is 18.4. The van der Waals surface area contributed by atoms with Crippen molar-refractivity contribution in [1.29, 1.82) is 0 Å². The standard InChI is InChI=1S/C27H33BrOSi/c1-27(2,3)30(25-13-6-4-7-14-25,26-15-8-5-9-16-26)29-21-11-10-12-23-17-19-24(22-28)20-18-23/h4-9,13-20H,10-12,21-22H2,1-3H3. The van der Waals surface area contributed by atoms with Crippen LogP contribution in [0, 0.1) is 0 Å². The second-order valence-corrected chi connectivity index (χ2v) is 13.8. The van der Waals surface area contributed by atoms with Crippen LogP contribution in [0.4, 0.5) is 0 Å². The van der Waals surface area contributed by atoms with Gasteiger partial charge in [0, 0.05) is 11.9 Å². The minimum Gasteiger partial charge on any atom is -0.407 e. The molecule has 0 N–H and O–H groups in total. The molecule has 0 aliphatic heterocycles. The largest absolute Gasteiger partial charge is 0.407 e. The molecule has 158 valence electrons. The van der Waals surface area contributed by atoms with E-state index in [1.165, 1.54) is 21.5 Å². The van der Waals surface area contributed by atoms with Crippen molar-refractivity contribution in [1.82, 2.24) is 0 Å². The van der Waals surface area contributed by atoms with E-state index in [9.17, 15) is 0 Å². The monoisotopic (exact) mass is 480 g/mol. The lowest BCUT2D eigenvalue weighted by atomic mass is 10.1. The molecular formula is C27H33BrOSi. The Labute approximate surface area is 191 Å². The molecule has 3 rings (SSSR count). The van der Waals surface area contributed by atoms with E-state index < -0.39 is 8.32 Å². The molecule has 0 spiro atoms. The van der Waals surface area contributed by atoms with Crippen LogP contribution in [0.15, 0.2) is 84.9 Å². The maximum Gasteiger partial charge on any atom is 0.261 e. The number of halogens is 1. The molecule has 3 heteroatoms. The van der Waals surface area contributed by atoms with Gasteiger partial charge in [0.1, 0.15) is 0 Å². The first kappa shape index (κ1) is 23.0. The number of hydrogen-bond donors (Lipinski definition) is 0. The van der Waals surface area contributed by atoms with Gasteiger partial charge in [-0.3, -0.25) is 0 Å². The van der Waals surface area contributed by atoms with Crippen LogP contribution in [-0.2, 0) is 16.2 Å². The quantitative estimate of drug-likeness (QED) is 0.193. The van der Waals surface area contributed by atoms with E-state index in [0.29, 0.717) is 0 Å². The fraction of sp³-hybridized carbons (Fsp3) is 0.333. The van der Waals surface area contributed by atoms with Crippen molar-refractivity contribution >= 4 is 34.6 Å². The van der Waals surface area contributed by atoms with Crippen molar-refractivity contribution in [2.45, 2.75) is 50.4 Å². The second-order valence-electron chi connectivity index (χ2n) is 8.92. The first-order valence-corrected chi connectivity index (χ1v) is 13.9. The van der Waals surface area contributed by atoms with Crippen LogP contribution in [0.25, 0.3) is 0 Å². The molecule has 0 aliphatic carbocycles. The van der Waals surface area contributed by atoms with E-state index in [0.717, 1.165) is 31.2 Å². The summed E-state index contributed by atoms with van der Waals surface area (Å²) in [6, 6.07) is 30.7. The van der Waals surface area contributed by atoms with E-state index in [4.69, 9.17) is 4.43 Å². The predicted molar refractivity (Wildman–Crippen MR) is 136 cm³/mol. The van der Waals surface area contributed by atoms with Crippen LogP contribution in [-0.4, -0.2) is 14.9 Å². The molecule has 3 aromatic rings. The van der Waals surface area contributed by atoms with Crippen LogP contribution in [0.5, 0.6) is 0 Å². The molecular weight excluding hydrogens is 448 g/mol. The molecule has 0 saturated heterocycles. The lowest BCUT2D eigenvalue weighted by Gasteiger charge is -2.43. The van der Waals surface area contributed by atoms with E-state index in [-0.39, 0.29) is 5.04 Å². The van der Waals surface area contributed by atoms with E-state index in [1.807, 2.05) is 0 Å². The summed E-state index contributed by atoms with van der Waals surface area (Å²) in [5.41, 5.74) is 2.74. The molecule has 0 saturated carbocycles. The SMILES string of the molecule is CC(C)(C)[Si](OCCCCc1ccc(CBr)cc1)(c1ccccc1)c1ccccc1. The number of hydrogen-bond acceptors (Lipinski definition) is 1. The fourth-order valence-corrected chi connectivity index (χ4v) is 9.19. The van der Waals surface area contributed by atoms with Gasteiger partial charge in [-0.1, -0.05) is 122 Å². The van der Waals surface area contributed by atoms with Crippen molar-refractivity contribution in [2.24, 2.45) is 0 Å². The van der Waals surface area contributed by atoms with E-state index in [1.54, 1.807) is 0 Å². The maximum absolute atomic E-state index is 6.97. The van der Waals surface area contributed by atoms with Gasteiger partial charge in [0.25, 0.3) is 8.32 Å². The number of aryl methyl sites for hydroxylation is 1. The average molecular weight is 482 g/mol. The maximum atomic E-state index is 6.97. The van der Waals surface area contributed by atoms with Crippen LogP contribution < -0.4 is 10.4 Å². The highest BCUT2D eigenvalue weighted by atomic mass is 79.9. The molecule has 0 aliphatic rings. The third kappa shape index (κ3) is 5.32. The fourth-order valence-electron chi connectivity index (χ4n) is 4.21. The van der Waals surface area contributed by atoms with Gasteiger partial charge >= 0.3 is 0 Å². The first-order valence-electron chi connectivity index (χ1n) is 10.9. The Morgan fingerprint density at radius 2 is 1.20 bits per heavy atom. The van der Waals surface area contributed by atoms with Gasteiger partial charge in [-0.25, -0.2) is 0 Å². The van der Waals surface area contributed by atoms with Crippen molar-refractivity contribution in [3.8, 4) is 0 Å². The lowest BCUT2D eigenvalue weighted by molar-refractivity contribution is 0.288. The Kier molecular flexibility index (Phi) is 8.10. The van der Waals surface area contributed by atoms with Gasteiger partial charge < -0.3 is 4.43 Å². The highest BCUT2D eigenvalue weighted by Crippen LogP contribution is 2.36. The molecule has 0 bridgehead atoms. The molecule has 30 heavy (non-hydrogen) atoms. The Bertz CT molecular complexity index is 846. The molecule has 0 unspecified atom stereocenters. The summed E-state index contributed by atoms with van der Waals surface area (Å²) in [5.74, 6) is 0. The Hall–Kier alpha value is -1.68. The minimum atomic E-state index is -2.40. The van der Waals surface area contributed by atoms with Crippen LogP contribution in [0.1, 0.15) is 44.7 Å². The molecule has 0 atom stereocenters. The highest BCUT2D eigenvalue weighted by molar-refractivity contribution is 9.08. The lowest BCUT2D eigenvalue weighted by Crippen LogP contribution is -2.66. The van der Waals surface area contributed by atoms with Gasteiger partial charge in [0.2, 0.25) is 0 Å². The Balaban J connectivity index is 1.74. The van der Waals surface area contributed by atoms with Gasteiger partial charge in [-0.15, -0.1) is 0 Å². The Morgan fingerprint density at radius 1 is 0.700 bits per heavy atom. The molecule has 0 fully saturated rings. The summed E-state index contributed by atoms with van der Waals surface area (Å²) >= 11 is 3.52. The summed E-state index contributed by atoms with van der Waals surface area (Å²) < 4.78 is 6.97. The predicted octanol–water partition coefficient (Wildman–Crippen LogP) is 6.48. The van der Waals surface area contributed by atoms with Gasteiger partial charge in [-0.2, -0.15) is 0 Å². The van der Waals surface area contributed by atoms with Crippen molar-refractivity contribution in [2.75, 3.05) is 6.61 Å². The highest BCUT2D eigenvalue weighted by Gasteiger charge is 2.49.